The van der Waals surface area contributed by atoms with Gasteiger partial charge in [0, 0.05) is 12.4 Å². The Morgan fingerprint density at radius 2 is 2.31 bits per heavy atom. The molecule has 1 aliphatic carbocycles. The molecule has 5 heteroatoms. The maximum absolute atomic E-state index is 12.0. The first-order valence-electron chi connectivity index (χ1n) is 5.46. The molecule has 16 heavy (non-hydrogen) atoms. The van der Waals surface area contributed by atoms with Gasteiger partial charge in [-0.15, -0.1) is 0 Å². The van der Waals surface area contributed by atoms with Crippen LogP contribution in [0.25, 0.3) is 5.52 Å². The minimum absolute atomic E-state index is 0.0975. The highest BCUT2D eigenvalue weighted by molar-refractivity contribution is 5.42. The van der Waals surface area contributed by atoms with Crippen LogP contribution in [-0.2, 0) is 6.54 Å². The molecule has 0 radical (unpaired) electrons. The number of aliphatic hydroxyl groups excluding tert-OH is 1. The predicted octanol–water partition coefficient (Wildman–Crippen LogP) is 0.267. The Bertz CT molecular complexity index is 568. The van der Waals surface area contributed by atoms with Crippen molar-refractivity contribution < 1.29 is 5.11 Å². The van der Waals surface area contributed by atoms with Gasteiger partial charge in [0.15, 0.2) is 0 Å². The van der Waals surface area contributed by atoms with E-state index < -0.39 is 6.10 Å². The number of fused-ring (bicyclic) bond motifs is 1. The molecule has 2 aromatic rings. The van der Waals surface area contributed by atoms with E-state index >= 15 is 0 Å². The van der Waals surface area contributed by atoms with Crippen LogP contribution in [0.5, 0.6) is 0 Å². The molecule has 2 aromatic heterocycles. The minimum atomic E-state index is -0.400. The van der Waals surface area contributed by atoms with E-state index in [4.69, 9.17) is 0 Å². The van der Waals surface area contributed by atoms with Gasteiger partial charge in [-0.1, -0.05) is 0 Å². The Morgan fingerprint density at radius 1 is 1.50 bits per heavy atom. The van der Waals surface area contributed by atoms with Crippen LogP contribution in [0.3, 0.4) is 0 Å². The Hall–Kier alpha value is -1.62. The van der Waals surface area contributed by atoms with Crippen LogP contribution < -0.4 is 5.56 Å². The molecule has 1 unspecified atom stereocenters. The Labute approximate surface area is 91.9 Å². The highest BCUT2D eigenvalue weighted by atomic mass is 16.3. The average Bonchev–Trinajstić information content (AvgIpc) is 3.01. The summed E-state index contributed by atoms with van der Waals surface area (Å²) >= 11 is 0. The quantitative estimate of drug-likeness (QED) is 0.806. The van der Waals surface area contributed by atoms with Crippen LogP contribution in [0.1, 0.15) is 12.8 Å². The highest BCUT2D eigenvalue weighted by Gasteiger charge is 2.29. The van der Waals surface area contributed by atoms with E-state index in [-0.39, 0.29) is 5.56 Å². The number of hydrogen-bond donors (Lipinski definition) is 1. The molecule has 1 N–H and O–H groups in total. The maximum Gasteiger partial charge on any atom is 0.276 e. The second kappa shape index (κ2) is 3.45. The third-order valence-electron chi connectivity index (χ3n) is 3.09. The zero-order valence-electron chi connectivity index (χ0n) is 8.78. The smallest absolute Gasteiger partial charge is 0.276 e. The van der Waals surface area contributed by atoms with Crippen LogP contribution in [0.2, 0.25) is 0 Å². The average molecular weight is 219 g/mol. The van der Waals surface area contributed by atoms with Gasteiger partial charge in [-0.3, -0.25) is 4.79 Å². The standard InChI is InChI=1S/C11H13N3O2/c15-10(8-1-2-8)7-13-5-6-14-9(11(13)16)3-4-12-14/h3-6,8,10,15H,1-2,7H2. The van der Waals surface area contributed by atoms with Crippen molar-refractivity contribution in [1.82, 2.24) is 14.2 Å². The number of nitrogens with zero attached hydrogens (tertiary/aromatic N) is 3. The van der Waals surface area contributed by atoms with Crippen molar-refractivity contribution in [3.63, 3.8) is 0 Å². The van der Waals surface area contributed by atoms with Gasteiger partial charge in [-0.2, -0.15) is 5.10 Å². The largest absolute Gasteiger partial charge is 0.391 e. The van der Waals surface area contributed by atoms with Crippen LogP contribution >= 0.6 is 0 Å². The summed E-state index contributed by atoms with van der Waals surface area (Å²) < 4.78 is 3.10. The minimum Gasteiger partial charge on any atom is -0.391 e. The molecule has 0 saturated heterocycles. The SMILES string of the molecule is O=c1c2ccnn2ccn1CC(O)C1CC1. The third-order valence-corrected chi connectivity index (χ3v) is 3.09. The molecule has 1 atom stereocenters. The number of rotatable bonds is 3. The topological polar surface area (TPSA) is 59.5 Å². The fourth-order valence-electron chi connectivity index (χ4n) is 1.94. The first-order valence-corrected chi connectivity index (χ1v) is 5.46. The molecule has 2 heterocycles. The van der Waals surface area contributed by atoms with E-state index in [1.165, 1.54) is 0 Å². The molecule has 0 spiro atoms. The van der Waals surface area contributed by atoms with Gasteiger partial charge >= 0.3 is 0 Å². The van der Waals surface area contributed by atoms with Crippen LogP contribution in [0.4, 0.5) is 0 Å². The molecule has 0 aromatic carbocycles. The molecular formula is C11H13N3O2. The fourth-order valence-corrected chi connectivity index (χ4v) is 1.94. The van der Waals surface area contributed by atoms with Gasteiger partial charge in [-0.05, 0) is 24.8 Å². The van der Waals surface area contributed by atoms with Gasteiger partial charge < -0.3 is 9.67 Å². The number of hydrogen-bond acceptors (Lipinski definition) is 3. The van der Waals surface area contributed by atoms with E-state index in [2.05, 4.69) is 5.10 Å². The van der Waals surface area contributed by atoms with Crippen LogP contribution in [0.15, 0.2) is 29.5 Å². The number of aromatic nitrogens is 3. The second-order valence-electron chi connectivity index (χ2n) is 4.32. The van der Waals surface area contributed by atoms with Gasteiger partial charge in [-0.25, -0.2) is 4.52 Å². The molecule has 1 saturated carbocycles. The van der Waals surface area contributed by atoms with Crippen LogP contribution in [-0.4, -0.2) is 25.4 Å². The molecule has 3 rings (SSSR count). The fraction of sp³-hybridized carbons (Fsp3) is 0.455. The lowest BCUT2D eigenvalue weighted by atomic mass is 10.2. The lowest BCUT2D eigenvalue weighted by Gasteiger charge is -2.11. The lowest BCUT2D eigenvalue weighted by Crippen LogP contribution is -2.28. The van der Waals surface area contributed by atoms with Crippen molar-refractivity contribution in [2.24, 2.45) is 5.92 Å². The zero-order valence-corrected chi connectivity index (χ0v) is 8.78. The van der Waals surface area contributed by atoms with Crippen molar-refractivity contribution in [3.05, 3.63) is 35.0 Å². The van der Waals surface area contributed by atoms with Crippen molar-refractivity contribution in [1.29, 1.82) is 0 Å². The Kier molecular flexibility index (Phi) is 2.07. The number of aliphatic hydroxyl groups is 1. The van der Waals surface area contributed by atoms with Crippen LogP contribution in [0, 0.1) is 5.92 Å². The lowest BCUT2D eigenvalue weighted by molar-refractivity contribution is 0.130. The van der Waals surface area contributed by atoms with Gasteiger partial charge in [0.1, 0.15) is 5.52 Å². The molecule has 0 aliphatic heterocycles. The molecule has 0 bridgehead atoms. The van der Waals surface area contributed by atoms with E-state index in [1.54, 1.807) is 33.7 Å². The van der Waals surface area contributed by atoms with Gasteiger partial charge in [0.2, 0.25) is 0 Å². The molecular weight excluding hydrogens is 206 g/mol. The van der Waals surface area contributed by atoms with Gasteiger partial charge in [0.05, 0.1) is 18.8 Å². The van der Waals surface area contributed by atoms with Crippen molar-refractivity contribution >= 4 is 5.52 Å². The molecule has 84 valence electrons. The molecule has 1 fully saturated rings. The molecule has 1 aliphatic rings. The summed E-state index contributed by atoms with van der Waals surface area (Å²) in [5.41, 5.74) is 0.449. The van der Waals surface area contributed by atoms with E-state index in [9.17, 15) is 9.90 Å². The predicted molar refractivity (Wildman–Crippen MR) is 58.2 cm³/mol. The van der Waals surface area contributed by atoms with E-state index in [1.807, 2.05) is 0 Å². The monoisotopic (exact) mass is 219 g/mol. The van der Waals surface area contributed by atoms with Crippen molar-refractivity contribution in [2.75, 3.05) is 0 Å². The first kappa shape index (κ1) is 9.59. The summed E-state index contributed by atoms with van der Waals surface area (Å²) in [6.45, 7) is 0.380. The zero-order chi connectivity index (χ0) is 11.1. The van der Waals surface area contributed by atoms with Gasteiger partial charge in [0.25, 0.3) is 5.56 Å². The summed E-state index contributed by atoms with van der Waals surface area (Å²) in [4.78, 5) is 12.0. The van der Waals surface area contributed by atoms with Crippen molar-refractivity contribution in [3.8, 4) is 0 Å². The third kappa shape index (κ3) is 1.53. The Morgan fingerprint density at radius 3 is 3.06 bits per heavy atom. The summed E-state index contributed by atoms with van der Waals surface area (Å²) in [5, 5.41) is 13.8. The summed E-state index contributed by atoms with van der Waals surface area (Å²) in [7, 11) is 0. The van der Waals surface area contributed by atoms with E-state index in [0.717, 1.165) is 12.8 Å². The van der Waals surface area contributed by atoms with Crippen molar-refractivity contribution in [2.45, 2.75) is 25.5 Å². The molecule has 0 amide bonds. The summed E-state index contributed by atoms with van der Waals surface area (Å²) in [6.07, 6.45) is 6.75. The first-order chi connectivity index (χ1) is 7.75. The molecule has 5 nitrogen and oxygen atoms in total. The van der Waals surface area contributed by atoms with E-state index in [0.29, 0.717) is 18.0 Å². The summed E-state index contributed by atoms with van der Waals surface area (Å²) in [6, 6.07) is 1.68. The maximum atomic E-state index is 12.0. The normalized spacial score (nSPS) is 17.8. The second-order valence-corrected chi connectivity index (χ2v) is 4.32. The Balaban J connectivity index is 1.96. The highest BCUT2D eigenvalue weighted by Crippen LogP contribution is 2.32. The summed E-state index contributed by atoms with van der Waals surface area (Å²) in [5.74, 6) is 0.382.